The lowest BCUT2D eigenvalue weighted by Crippen LogP contribution is -2.11. The van der Waals surface area contributed by atoms with E-state index in [1.54, 1.807) is 6.92 Å². The maximum Gasteiger partial charge on any atom is 0.303 e. The maximum atomic E-state index is 11.3. The van der Waals surface area contributed by atoms with Crippen LogP contribution in [0.25, 0.3) is 0 Å². The van der Waals surface area contributed by atoms with Crippen molar-refractivity contribution in [2.24, 2.45) is 0 Å². The molecule has 1 amide bonds. The summed E-state index contributed by atoms with van der Waals surface area (Å²) >= 11 is 1.13. The molecule has 0 radical (unpaired) electrons. The number of nitrogens with zero attached hydrogens (tertiary/aromatic N) is 2. The first-order valence-electron chi connectivity index (χ1n) is 4.90. The van der Waals surface area contributed by atoms with Gasteiger partial charge in [-0.05, 0) is 19.8 Å². The molecule has 0 fully saturated rings. The number of aliphatic carboxylic acids is 1. The number of hydrogen-bond acceptors (Lipinski definition) is 5. The van der Waals surface area contributed by atoms with E-state index >= 15 is 0 Å². The molecule has 0 saturated carbocycles. The van der Waals surface area contributed by atoms with Crippen molar-refractivity contribution in [2.75, 3.05) is 5.32 Å². The van der Waals surface area contributed by atoms with Crippen molar-refractivity contribution in [3.8, 4) is 0 Å². The van der Waals surface area contributed by atoms with Gasteiger partial charge in [0.2, 0.25) is 11.0 Å². The smallest absolute Gasteiger partial charge is 0.303 e. The highest BCUT2D eigenvalue weighted by atomic mass is 32.1. The van der Waals surface area contributed by atoms with Gasteiger partial charge >= 0.3 is 5.97 Å². The van der Waals surface area contributed by atoms with Gasteiger partial charge in [0, 0.05) is 24.4 Å². The van der Waals surface area contributed by atoms with Crippen LogP contribution in [0.1, 0.15) is 31.5 Å². The summed E-state index contributed by atoms with van der Waals surface area (Å²) in [4.78, 5) is 25.6. The number of unbranched alkanes of at least 4 members (excludes halogenated alkanes) is 1. The average molecular weight is 243 g/mol. The third-order valence-electron chi connectivity index (χ3n) is 1.82. The van der Waals surface area contributed by atoms with Gasteiger partial charge in [0.1, 0.15) is 5.82 Å². The van der Waals surface area contributed by atoms with Gasteiger partial charge in [-0.2, -0.15) is 4.37 Å². The Balaban J connectivity index is 2.18. The molecule has 0 aliphatic heterocycles. The predicted octanol–water partition coefficient (Wildman–Crippen LogP) is 1.43. The van der Waals surface area contributed by atoms with Crippen LogP contribution in [0.3, 0.4) is 0 Å². The summed E-state index contributed by atoms with van der Waals surface area (Å²) < 4.78 is 3.93. The van der Waals surface area contributed by atoms with E-state index in [-0.39, 0.29) is 12.3 Å². The normalized spacial score (nSPS) is 10.1. The van der Waals surface area contributed by atoms with Crippen LogP contribution in [0.4, 0.5) is 5.13 Å². The second-order valence-corrected chi connectivity index (χ2v) is 4.05. The number of hydrogen-bond donors (Lipinski definition) is 2. The molecule has 2 N–H and O–H groups in total. The second kappa shape index (κ2) is 6.16. The molecular formula is C9H13N3O3S. The molecule has 0 aliphatic rings. The minimum Gasteiger partial charge on any atom is -0.481 e. The monoisotopic (exact) mass is 243 g/mol. The molecule has 6 nitrogen and oxygen atoms in total. The first-order chi connectivity index (χ1) is 7.58. The number of aromatic nitrogens is 2. The Bertz CT molecular complexity index is 378. The van der Waals surface area contributed by atoms with Crippen LogP contribution in [0, 0.1) is 6.92 Å². The molecule has 1 rings (SSSR count). The van der Waals surface area contributed by atoms with Gasteiger partial charge in [-0.1, -0.05) is 0 Å². The van der Waals surface area contributed by atoms with E-state index in [9.17, 15) is 9.59 Å². The summed E-state index contributed by atoms with van der Waals surface area (Å²) in [6.45, 7) is 1.75. The SMILES string of the molecule is Cc1nsc(NC(=O)CCCCC(=O)O)n1. The van der Waals surface area contributed by atoms with E-state index in [4.69, 9.17) is 5.11 Å². The predicted molar refractivity (Wildman–Crippen MR) is 59.4 cm³/mol. The van der Waals surface area contributed by atoms with Gasteiger partial charge in [0.25, 0.3) is 0 Å². The van der Waals surface area contributed by atoms with Crippen molar-refractivity contribution in [3.05, 3.63) is 5.82 Å². The van der Waals surface area contributed by atoms with Gasteiger partial charge in [-0.3, -0.25) is 9.59 Å². The summed E-state index contributed by atoms with van der Waals surface area (Å²) in [6, 6.07) is 0. The molecule has 0 unspecified atom stereocenters. The standard InChI is InChI=1S/C9H13N3O3S/c1-6-10-9(16-12-6)11-7(13)4-2-3-5-8(14)15/h2-5H2,1H3,(H,14,15)(H,10,11,12,13). The minimum atomic E-state index is -0.833. The number of rotatable bonds is 6. The average Bonchev–Trinajstić information content (AvgIpc) is 2.58. The summed E-state index contributed by atoms with van der Waals surface area (Å²) in [5.41, 5.74) is 0. The van der Waals surface area contributed by atoms with Crippen molar-refractivity contribution in [1.29, 1.82) is 0 Å². The highest BCUT2D eigenvalue weighted by Gasteiger charge is 2.06. The Hall–Kier alpha value is -1.50. The fraction of sp³-hybridized carbons (Fsp3) is 0.556. The number of nitrogens with one attached hydrogen (secondary N) is 1. The van der Waals surface area contributed by atoms with E-state index in [0.717, 1.165) is 11.5 Å². The molecule has 0 bridgehead atoms. The van der Waals surface area contributed by atoms with Gasteiger partial charge in [-0.25, -0.2) is 4.98 Å². The molecule has 0 aliphatic carbocycles. The summed E-state index contributed by atoms with van der Waals surface area (Å²) in [5, 5.41) is 11.5. The van der Waals surface area contributed by atoms with E-state index in [2.05, 4.69) is 14.7 Å². The molecule has 88 valence electrons. The van der Waals surface area contributed by atoms with Crippen molar-refractivity contribution < 1.29 is 14.7 Å². The first-order valence-corrected chi connectivity index (χ1v) is 5.67. The zero-order valence-corrected chi connectivity index (χ0v) is 9.71. The number of carboxylic acid groups (broad SMARTS) is 1. The molecule has 16 heavy (non-hydrogen) atoms. The zero-order chi connectivity index (χ0) is 12.0. The molecule has 0 spiro atoms. The van der Waals surface area contributed by atoms with E-state index in [1.807, 2.05) is 0 Å². The van der Waals surface area contributed by atoms with Gasteiger partial charge < -0.3 is 10.4 Å². The van der Waals surface area contributed by atoms with Gasteiger partial charge in [-0.15, -0.1) is 0 Å². The Morgan fingerprint density at radius 1 is 1.38 bits per heavy atom. The summed E-state index contributed by atoms with van der Waals surface area (Å²) in [5.74, 6) is -0.354. The van der Waals surface area contributed by atoms with E-state index < -0.39 is 5.97 Å². The Kier molecular flexibility index (Phi) is 4.84. The third kappa shape index (κ3) is 4.83. The zero-order valence-electron chi connectivity index (χ0n) is 8.89. The number of anilines is 1. The third-order valence-corrected chi connectivity index (χ3v) is 2.54. The molecule has 7 heteroatoms. The molecule has 0 atom stereocenters. The number of carbonyl (C=O) groups excluding carboxylic acids is 1. The van der Waals surface area contributed by atoms with Crippen molar-refractivity contribution in [3.63, 3.8) is 0 Å². The number of aryl methyl sites for hydroxylation is 1. The lowest BCUT2D eigenvalue weighted by Gasteiger charge is -1.99. The van der Waals surface area contributed by atoms with Crippen molar-refractivity contribution >= 4 is 28.5 Å². The Morgan fingerprint density at radius 2 is 2.06 bits per heavy atom. The van der Waals surface area contributed by atoms with Crippen LogP contribution in [0.15, 0.2) is 0 Å². The minimum absolute atomic E-state index is 0.102. The fourth-order valence-electron chi connectivity index (χ4n) is 1.09. The largest absolute Gasteiger partial charge is 0.481 e. The highest BCUT2D eigenvalue weighted by Crippen LogP contribution is 2.11. The van der Waals surface area contributed by atoms with Crippen LogP contribution in [0.5, 0.6) is 0 Å². The summed E-state index contributed by atoms with van der Waals surface area (Å²) in [7, 11) is 0. The lowest BCUT2D eigenvalue weighted by molar-refractivity contribution is -0.137. The summed E-state index contributed by atoms with van der Waals surface area (Å²) in [6.07, 6.45) is 1.49. The van der Waals surface area contributed by atoms with Crippen LogP contribution < -0.4 is 5.32 Å². The van der Waals surface area contributed by atoms with E-state index in [0.29, 0.717) is 30.2 Å². The molecule has 1 aromatic heterocycles. The van der Waals surface area contributed by atoms with Gasteiger partial charge in [0.15, 0.2) is 0 Å². The van der Waals surface area contributed by atoms with Crippen LogP contribution in [0.2, 0.25) is 0 Å². The maximum absolute atomic E-state index is 11.3. The topological polar surface area (TPSA) is 92.2 Å². The fourth-order valence-corrected chi connectivity index (χ4v) is 1.68. The first kappa shape index (κ1) is 12.6. The molecule has 0 aromatic carbocycles. The lowest BCUT2D eigenvalue weighted by atomic mass is 10.2. The van der Waals surface area contributed by atoms with Crippen molar-refractivity contribution in [2.45, 2.75) is 32.6 Å². The molecule has 0 saturated heterocycles. The number of amides is 1. The highest BCUT2D eigenvalue weighted by molar-refractivity contribution is 7.09. The Labute approximate surface area is 96.9 Å². The number of carboxylic acids is 1. The van der Waals surface area contributed by atoms with Gasteiger partial charge in [0.05, 0.1) is 0 Å². The molecule has 1 aromatic rings. The molecule has 1 heterocycles. The van der Waals surface area contributed by atoms with E-state index in [1.165, 1.54) is 0 Å². The van der Waals surface area contributed by atoms with Crippen LogP contribution in [-0.2, 0) is 9.59 Å². The second-order valence-electron chi connectivity index (χ2n) is 3.30. The Morgan fingerprint density at radius 3 is 2.62 bits per heavy atom. The van der Waals surface area contributed by atoms with Crippen LogP contribution >= 0.6 is 11.5 Å². The van der Waals surface area contributed by atoms with Crippen LogP contribution in [-0.4, -0.2) is 26.3 Å². The quantitative estimate of drug-likeness (QED) is 0.737. The number of carbonyl (C=O) groups is 2. The van der Waals surface area contributed by atoms with Crippen molar-refractivity contribution in [1.82, 2.24) is 9.36 Å². The molecular weight excluding hydrogens is 230 g/mol.